The number of amidine groups is 1. The monoisotopic (exact) mass is 478 g/mol. The van der Waals surface area contributed by atoms with Gasteiger partial charge in [0.05, 0.1) is 12.4 Å². The van der Waals surface area contributed by atoms with Crippen LogP contribution in [0.1, 0.15) is 23.1 Å². The van der Waals surface area contributed by atoms with Crippen LogP contribution in [0.15, 0.2) is 60.1 Å². The third-order valence-corrected chi connectivity index (χ3v) is 6.06. The van der Waals surface area contributed by atoms with Crippen LogP contribution in [0, 0.1) is 0 Å². The number of aliphatic imine (C=N–C) groups is 1. The number of hydrogen-bond acceptors (Lipinski definition) is 7. The quantitative estimate of drug-likeness (QED) is 0.207. The number of nitrogens with one attached hydrogen (secondary N) is 3. The SMILES string of the molecule is C=C(NC)Nc1cccc(CN2CCN(CC(=O)NCCCc3cncc(/C(N)=N/C)c3)CC2)c1. The van der Waals surface area contributed by atoms with E-state index in [-0.39, 0.29) is 5.91 Å². The Morgan fingerprint density at radius 3 is 2.66 bits per heavy atom. The van der Waals surface area contributed by atoms with E-state index in [9.17, 15) is 4.79 Å². The van der Waals surface area contributed by atoms with Gasteiger partial charge >= 0.3 is 0 Å². The van der Waals surface area contributed by atoms with Crippen LogP contribution < -0.4 is 21.7 Å². The molecular formula is C26H38N8O. The zero-order chi connectivity index (χ0) is 25.0. The Bertz CT molecular complexity index is 1010. The highest BCUT2D eigenvalue weighted by Gasteiger charge is 2.19. The highest BCUT2D eigenvalue weighted by Crippen LogP contribution is 2.15. The van der Waals surface area contributed by atoms with Gasteiger partial charge in [-0.15, -0.1) is 0 Å². The molecule has 35 heavy (non-hydrogen) atoms. The van der Waals surface area contributed by atoms with Gasteiger partial charge < -0.3 is 21.7 Å². The lowest BCUT2D eigenvalue weighted by molar-refractivity contribution is -0.122. The Labute approximate surface area is 208 Å². The average Bonchev–Trinajstić information content (AvgIpc) is 2.87. The Morgan fingerprint density at radius 2 is 1.91 bits per heavy atom. The highest BCUT2D eigenvalue weighted by molar-refractivity contribution is 5.97. The van der Waals surface area contributed by atoms with Crippen LogP contribution in [-0.4, -0.2) is 79.9 Å². The molecule has 0 aliphatic carbocycles. The second-order valence-electron chi connectivity index (χ2n) is 8.75. The largest absolute Gasteiger partial charge is 0.383 e. The van der Waals surface area contributed by atoms with E-state index in [0.717, 1.165) is 68.2 Å². The molecule has 0 radical (unpaired) electrons. The van der Waals surface area contributed by atoms with Crippen LogP contribution in [-0.2, 0) is 17.8 Å². The third-order valence-electron chi connectivity index (χ3n) is 6.06. The number of nitrogens with zero attached hydrogens (tertiary/aromatic N) is 4. The normalized spacial score (nSPS) is 15.0. The van der Waals surface area contributed by atoms with Crippen molar-refractivity contribution in [1.82, 2.24) is 25.4 Å². The summed E-state index contributed by atoms with van der Waals surface area (Å²) in [5, 5.41) is 9.29. The summed E-state index contributed by atoms with van der Waals surface area (Å²) in [5.41, 5.74) is 10.1. The fourth-order valence-corrected chi connectivity index (χ4v) is 4.02. The number of rotatable bonds is 12. The molecule has 0 unspecified atom stereocenters. The molecule has 1 aliphatic heterocycles. The predicted molar refractivity (Wildman–Crippen MR) is 142 cm³/mol. The smallest absolute Gasteiger partial charge is 0.234 e. The molecular weight excluding hydrogens is 440 g/mol. The standard InChI is InChI=1S/C26H38N8O/c1-20(28-2)32-24-8-4-6-22(15-24)18-33-10-12-34(13-11-33)19-25(35)31-9-5-7-21-14-23(17-30-16-21)26(27)29-3/h4,6,8,14-17,28,32H,1,5,7,9-13,18-19H2,2-3H3,(H2,27,29)(H,31,35). The van der Waals surface area contributed by atoms with Crippen molar-refractivity contribution in [3.63, 3.8) is 0 Å². The number of amides is 1. The molecule has 0 bridgehead atoms. The number of aromatic nitrogens is 1. The second-order valence-corrected chi connectivity index (χ2v) is 8.75. The fourth-order valence-electron chi connectivity index (χ4n) is 4.02. The number of anilines is 1. The molecule has 2 heterocycles. The van der Waals surface area contributed by atoms with E-state index >= 15 is 0 Å². The molecule has 1 amide bonds. The van der Waals surface area contributed by atoms with Gasteiger partial charge in [-0.25, -0.2) is 0 Å². The molecule has 0 atom stereocenters. The summed E-state index contributed by atoms with van der Waals surface area (Å²) in [6.07, 6.45) is 5.23. The molecule has 1 fully saturated rings. The van der Waals surface area contributed by atoms with Gasteiger partial charge in [-0.1, -0.05) is 18.7 Å². The van der Waals surface area contributed by atoms with E-state index in [1.54, 1.807) is 13.2 Å². The van der Waals surface area contributed by atoms with Crippen molar-refractivity contribution in [2.24, 2.45) is 10.7 Å². The Balaban J connectivity index is 1.33. The summed E-state index contributed by atoms with van der Waals surface area (Å²) in [7, 11) is 3.51. The van der Waals surface area contributed by atoms with Crippen LogP contribution in [0.4, 0.5) is 5.69 Å². The number of carbonyl (C=O) groups excluding carboxylic acids is 1. The van der Waals surface area contributed by atoms with Gasteiger partial charge in [0.25, 0.3) is 0 Å². The number of hydrogen-bond donors (Lipinski definition) is 4. The minimum absolute atomic E-state index is 0.0798. The maximum Gasteiger partial charge on any atom is 0.234 e. The van der Waals surface area contributed by atoms with E-state index < -0.39 is 0 Å². The summed E-state index contributed by atoms with van der Waals surface area (Å²) in [6.45, 7) is 9.57. The lowest BCUT2D eigenvalue weighted by Crippen LogP contribution is -2.49. The number of aryl methyl sites for hydroxylation is 1. The summed E-state index contributed by atoms with van der Waals surface area (Å²) in [5.74, 6) is 1.33. The molecule has 1 saturated heterocycles. The van der Waals surface area contributed by atoms with Gasteiger partial charge in [0.1, 0.15) is 5.84 Å². The fraction of sp³-hybridized carbons (Fsp3) is 0.423. The van der Waals surface area contributed by atoms with Gasteiger partial charge in [-0.05, 0) is 42.2 Å². The Kier molecular flexibility index (Phi) is 10.1. The zero-order valence-corrected chi connectivity index (χ0v) is 20.9. The van der Waals surface area contributed by atoms with Crippen molar-refractivity contribution in [3.8, 4) is 0 Å². The molecule has 188 valence electrons. The third kappa shape index (κ3) is 8.70. The molecule has 1 aromatic heterocycles. The average molecular weight is 479 g/mol. The minimum Gasteiger partial charge on any atom is -0.383 e. The Hall–Kier alpha value is -3.43. The lowest BCUT2D eigenvalue weighted by atomic mass is 10.1. The lowest BCUT2D eigenvalue weighted by Gasteiger charge is -2.34. The number of piperazine rings is 1. The van der Waals surface area contributed by atoms with Crippen molar-refractivity contribution < 1.29 is 4.79 Å². The van der Waals surface area contributed by atoms with Gasteiger partial charge in [0, 0.05) is 77.0 Å². The molecule has 1 aromatic carbocycles. The first-order valence-electron chi connectivity index (χ1n) is 12.1. The van der Waals surface area contributed by atoms with E-state index in [1.165, 1.54) is 5.56 Å². The first-order chi connectivity index (χ1) is 17.0. The molecule has 1 aliphatic rings. The van der Waals surface area contributed by atoms with Gasteiger partial charge in [-0.2, -0.15) is 0 Å². The van der Waals surface area contributed by atoms with Crippen molar-refractivity contribution in [2.75, 3.05) is 58.7 Å². The number of benzene rings is 1. The topological polar surface area (TPSA) is 111 Å². The summed E-state index contributed by atoms with van der Waals surface area (Å²) in [6, 6.07) is 10.4. The van der Waals surface area contributed by atoms with Crippen molar-refractivity contribution >= 4 is 17.4 Å². The highest BCUT2D eigenvalue weighted by atomic mass is 16.2. The number of pyridine rings is 1. The summed E-state index contributed by atoms with van der Waals surface area (Å²) >= 11 is 0. The van der Waals surface area contributed by atoms with Crippen molar-refractivity contribution in [3.05, 3.63) is 71.8 Å². The van der Waals surface area contributed by atoms with Gasteiger partial charge in [0.2, 0.25) is 5.91 Å². The van der Waals surface area contributed by atoms with E-state index in [0.29, 0.717) is 18.9 Å². The van der Waals surface area contributed by atoms with Crippen LogP contribution >= 0.6 is 0 Å². The zero-order valence-electron chi connectivity index (χ0n) is 20.9. The second kappa shape index (κ2) is 13.5. The van der Waals surface area contributed by atoms with E-state index in [2.05, 4.69) is 60.5 Å². The summed E-state index contributed by atoms with van der Waals surface area (Å²) < 4.78 is 0. The maximum absolute atomic E-state index is 12.4. The Morgan fingerprint density at radius 1 is 1.14 bits per heavy atom. The summed E-state index contributed by atoms with van der Waals surface area (Å²) in [4.78, 5) is 25.3. The molecule has 3 rings (SSSR count). The first kappa shape index (κ1) is 26.2. The van der Waals surface area contributed by atoms with Gasteiger partial charge in [-0.3, -0.25) is 24.6 Å². The van der Waals surface area contributed by atoms with E-state index in [4.69, 9.17) is 5.73 Å². The molecule has 9 nitrogen and oxygen atoms in total. The number of carbonyl (C=O) groups is 1. The molecule has 0 spiro atoms. The number of nitrogens with two attached hydrogens (primary N) is 1. The van der Waals surface area contributed by atoms with Crippen molar-refractivity contribution in [2.45, 2.75) is 19.4 Å². The molecule has 2 aromatic rings. The van der Waals surface area contributed by atoms with Crippen molar-refractivity contribution in [1.29, 1.82) is 0 Å². The van der Waals surface area contributed by atoms with Crippen LogP contribution in [0.2, 0.25) is 0 Å². The van der Waals surface area contributed by atoms with Gasteiger partial charge in [0.15, 0.2) is 0 Å². The maximum atomic E-state index is 12.4. The van der Waals surface area contributed by atoms with Crippen LogP contribution in [0.5, 0.6) is 0 Å². The van der Waals surface area contributed by atoms with E-state index in [1.807, 2.05) is 25.4 Å². The predicted octanol–water partition coefficient (Wildman–Crippen LogP) is 1.39. The first-order valence-corrected chi connectivity index (χ1v) is 12.1. The molecule has 5 N–H and O–H groups in total. The molecule has 9 heteroatoms. The minimum atomic E-state index is 0.0798. The van der Waals surface area contributed by atoms with Crippen LogP contribution in [0.3, 0.4) is 0 Å². The molecule has 0 saturated carbocycles. The van der Waals surface area contributed by atoms with Crippen LogP contribution in [0.25, 0.3) is 0 Å².